The first-order valence-corrected chi connectivity index (χ1v) is 43.5. The Balaban J connectivity index is 5.24. The molecule has 0 aliphatic rings. The summed E-state index contributed by atoms with van der Waals surface area (Å²) in [5, 5.41) is 10.6. The maximum absolute atomic E-state index is 13.1. The minimum absolute atomic E-state index is 0.106. The molecule has 3 N–H and O–H groups in total. The smallest absolute Gasteiger partial charge is 0.462 e. The highest BCUT2D eigenvalue weighted by molar-refractivity contribution is 7.47. The molecule has 0 bridgehead atoms. The van der Waals surface area contributed by atoms with Crippen LogP contribution in [-0.4, -0.2) is 96.7 Å². The summed E-state index contributed by atoms with van der Waals surface area (Å²) >= 11 is 0. The number of phosphoric ester groups is 2. The van der Waals surface area contributed by atoms with Crippen LogP contribution < -0.4 is 0 Å². The average Bonchev–Trinajstić information content (AvgIpc) is 1.03. The maximum atomic E-state index is 13.1. The molecule has 576 valence electrons. The van der Waals surface area contributed by atoms with Crippen molar-refractivity contribution in [1.82, 2.24) is 0 Å². The van der Waals surface area contributed by atoms with Crippen molar-refractivity contribution in [3.8, 4) is 0 Å². The van der Waals surface area contributed by atoms with Crippen molar-refractivity contribution in [2.24, 2.45) is 11.8 Å². The van der Waals surface area contributed by atoms with Gasteiger partial charge in [0.1, 0.15) is 19.3 Å². The summed E-state index contributed by atoms with van der Waals surface area (Å²) in [6.07, 6.45) is 58.2. The van der Waals surface area contributed by atoms with Crippen molar-refractivity contribution >= 4 is 39.5 Å². The second-order valence-electron chi connectivity index (χ2n) is 29.1. The van der Waals surface area contributed by atoms with E-state index in [-0.39, 0.29) is 25.7 Å². The maximum Gasteiger partial charge on any atom is 0.472 e. The minimum atomic E-state index is -4.96. The molecule has 0 saturated heterocycles. The lowest BCUT2D eigenvalue weighted by molar-refractivity contribution is -0.161. The van der Waals surface area contributed by atoms with E-state index >= 15 is 0 Å². The number of esters is 4. The van der Waals surface area contributed by atoms with Gasteiger partial charge in [0, 0.05) is 25.7 Å². The number of hydrogen-bond acceptors (Lipinski definition) is 15. The number of carbonyl (C=O) groups excluding carboxylic acids is 4. The molecule has 19 heteroatoms. The fraction of sp³-hybridized carbons (Fsp3) is 0.949. The molecule has 0 aliphatic carbocycles. The van der Waals surface area contributed by atoms with Crippen LogP contribution in [0.3, 0.4) is 0 Å². The monoisotopic (exact) mass is 1420 g/mol. The largest absolute Gasteiger partial charge is 0.472 e. The minimum Gasteiger partial charge on any atom is -0.462 e. The molecule has 0 saturated carbocycles. The van der Waals surface area contributed by atoms with E-state index in [1.54, 1.807) is 0 Å². The van der Waals surface area contributed by atoms with Gasteiger partial charge in [-0.1, -0.05) is 356 Å². The molecule has 17 nitrogen and oxygen atoms in total. The van der Waals surface area contributed by atoms with Crippen molar-refractivity contribution in [2.45, 2.75) is 426 Å². The number of carbonyl (C=O) groups is 4. The zero-order chi connectivity index (χ0) is 71.4. The molecule has 2 unspecified atom stereocenters. The van der Waals surface area contributed by atoms with E-state index in [0.29, 0.717) is 25.7 Å². The highest BCUT2D eigenvalue weighted by Gasteiger charge is 2.30. The van der Waals surface area contributed by atoms with Gasteiger partial charge in [-0.15, -0.1) is 0 Å². The van der Waals surface area contributed by atoms with Gasteiger partial charge < -0.3 is 33.8 Å². The Hall–Kier alpha value is -1.94. The van der Waals surface area contributed by atoms with Gasteiger partial charge in [0.15, 0.2) is 12.2 Å². The Morgan fingerprint density at radius 2 is 0.474 bits per heavy atom. The molecular weight excluding hydrogens is 1270 g/mol. The van der Waals surface area contributed by atoms with Gasteiger partial charge in [-0.25, -0.2) is 9.13 Å². The van der Waals surface area contributed by atoms with E-state index in [9.17, 15) is 43.2 Å². The second kappa shape index (κ2) is 69.8. The molecule has 0 fully saturated rings. The Morgan fingerprint density at radius 1 is 0.278 bits per heavy atom. The molecule has 0 aromatic heterocycles. The molecule has 0 aromatic rings. The quantitative estimate of drug-likeness (QED) is 0.0222. The lowest BCUT2D eigenvalue weighted by atomic mass is 10.0. The van der Waals surface area contributed by atoms with E-state index < -0.39 is 97.5 Å². The summed E-state index contributed by atoms with van der Waals surface area (Å²) in [7, 11) is -9.91. The van der Waals surface area contributed by atoms with Crippen molar-refractivity contribution < 1.29 is 80.2 Å². The normalized spacial score (nSPS) is 14.0. The Kier molecular flexibility index (Phi) is 68.4. The van der Waals surface area contributed by atoms with Crippen LogP contribution in [0.25, 0.3) is 0 Å². The van der Waals surface area contributed by atoms with Crippen LogP contribution >= 0.6 is 15.6 Å². The Bertz CT molecular complexity index is 1870. The predicted molar refractivity (Wildman–Crippen MR) is 395 cm³/mol. The first-order chi connectivity index (χ1) is 46.9. The van der Waals surface area contributed by atoms with Gasteiger partial charge in [0.25, 0.3) is 0 Å². The number of hydrogen-bond donors (Lipinski definition) is 3. The molecule has 0 rings (SSSR count). The van der Waals surface area contributed by atoms with Crippen LogP contribution in [0.15, 0.2) is 0 Å². The first kappa shape index (κ1) is 95.1. The summed E-state index contributed by atoms with van der Waals surface area (Å²) in [4.78, 5) is 72.9. The fourth-order valence-corrected chi connectivity index (χ4v) is 13.6. The molecule has 0 spiro atoms. The summed E-state index contributed by atoms with van der Waals surface area (Å²) in [5.41, 5.74) is 0. The Morgan fingerprint density at radius 3 is 0.701 bits per heavy atom. The molecule has 0 aromatic carbocycles. The van der Waals surface area contributed by atoms with Gasteiger partial charge in [-0.2, -0.15) is 0 Å². The number of ether oxygens (including phenoxy) is 4. The van der Waals surface area contributed by atoms with E-state index in [0.717, 1.165) is 102 Å². The van der Waals surface area contributed by atoms with Crippen molar-refractivity contribution in [3.05, 3.63) is 0 Å². The van der Waals surface area contributed by atoms with Gasteiger partial charge in [-0.3, -0.25) is 37.3 Å². The van der Waals surface area contributed by atoms with Crippen LogP contribution in [0.2, 0.25) is 0 Å². The third kappa shape index (κ3) is 72.2. The van der Waals surface area contributed by atoms with Crippen LogP contribution in [0.5, 0.6) is 0 Å². The van der Waals surface area contributed by atoms with Gasteiger partial charge in [0.05, 0.1) is 26.4 Å². The molecule has 0 heterocycles. The average molecular weight is 1420 g/mol. The lowest BCUT2D eigenvalue weighted by Gasteiger charge is -2.21. The molecule has 0 amide bonds. The SMILES string of the molecule is CCCCCCCCCCCCCCCCCCCCCC(=O)O[C@H](COC(=O)CCCCCCCCCCCCCC(C)C)COP(=O)(O)OC[C@@H](O)COP(=O)(O)OC[C@@H](COC(=O)CCCCCCCCCCCCC)OC(=O)CCCCCCCCCCCCC(C)C. The van der Waals surface area contributed by atoms with Crippen molar-refractivity contribution in [2.75, 3.05) is 39.6 Å². The molecule has 97 heavy (non-hydrogen) atoms. The topological polar surface area (TPSA) is 237 Å². The van der Waals surface area contributed by atoms with E-state index in [1.807, 2.05) is 0 Å². The van der Waals surface area contributed by atoms with Crippen molar-refractivity contribution in [3.63, 3.8) is 0 Å². The van der Waals surface area contributed by atoms with Crippen molar-refractivity contribution in [1.29, 1.82) is 0 Å². The molecular formula is C78H152O17P2. The number of aliphatic hydroxyl groups excluding tert-OH is 1. The number of aliphatic hydroxyl groups is 1. The lowest BCUT2D eigenvalue weighted by Crippen LogP contribution is -2.30. The van der Waals surface area contributed by atoms with Crippen LogP contribution in [0.4, 0.5) is 0 Å². The zero-order valence-corrected chi connectivity index (χ0v) is 65.2. The standard InChI is InChI=1S/C78H152O17P2/c1-7-9-11-13-15-17-19-20-21-22-23-24-25-26-30-38-44-50-56-62-77(82)94-73(67-89-76(81)61-55-49-43-37-31-27-29-34-40-46-52-58-70(3)4)68-92-96(84,85)90-64-72(79)65-91-97(86,87)93-69-74(66-88-75(80)60-54-48-42-36-28-18-16-14-12-10-8-2)95-78(83)63-57-51-45-39-33-32-35-41-47-53-59-71(5)6/h70-74,79H,7-69H2,1-6H3,(H,84,85)(H,86,87)/t72-,73-,74-/m1/s1. The second-order valence-corrected chi connectivity index (χ2v) is 32.0. The van der Waals surface area contributed by atoms with E-state index in [4.69, 9.17) is 37.0 Å². The summed E-state index contributed by atoms with van der Waals surface area (Å²) < 4.78 is 68.6. The van der Waals surface area contributed by atoms with Gasteiger partial charge in [0.2, 0.25) is 0 Å². The molecule has 0 radical (unpaired) electrons. The number of unbranched alkanes of at least 4 members (excludes halogenated alkanes) is 47. The van der Waals surface area contributed by atoms with E-state index in [1.165, 1.54) is 225 Å². The molecule has 0 aliphatic heterocycles. The zero-order valence-electron chi connectivity index (χ0n) is 63.4. The first-order valence-electron chi connectivity index (χ1n) is 40.5. The van der Waals surface area contributed by atoms with Crippen LogP contribution in [-0.2, 0) is 65.4 Å². The molecule has 5 atom stereocenters. The van der Waals surface area contributed by atoms with Gasteiger partial charge in [-0.05, 0) is 37.5 Å². The third-order valence-electron chi connectivity index (χ3n) is 18.2. The van der Waals surface area contributed by atoms with Crippen LogP contribution in [0.1, 0.15) is 408 Å². The highest BCUT2D eigenvalue weighted by Crippen LogP contribution is 2.45. The van der Waals surface area contributed by atoms with E-state index in [2.05, 4.69) is 41.5 Å². The van der Waals surface area contributed by atoms with Crippen LogP contribution in [0, 0.1) is 11.8 Å². The Labute approximate surface area is 594 Å². The fourth-order valence-electron chi connectivity index (χ4n) is 12.0. The summed E-state index contributed by atoms with van der Waals surface area (Å²) in [6, 6.07) is 0. The number of rotatable bonds is 77. The summed E-state index contributed by atoms with van der Waals surface area (Å²) in [5.74, 6) is -0.589. The van der Waals surface area contributed by atoms with Gasteiger partial charge >= 0.3 is 39.5 Å². The summed E-state index contributed by atoms with van der Waals surface area (Å²) in [6.45, 7) is 9.61. The number of phosphoric acid groups is 2. The third-order valence-corrected chi connectivity index (χ3v) is 20.1. The highest BCUT2D eigenvalue weighted by atomic mass is 31.2. The predicted octanol–water partition coefficient (Wildman–Crippen LogP) is 23.1.